The average Bonchev–Trinajstić information content (AvgIpc) is 2.53. The molecule has 1 aliphatic carbocycles. The van der Waals surface area contributed by atoms with E-state index in [1.54, 1.807) is 19.9 Å². The van der Waals surface area contributed by atoms with Crippen LogP contribution in [0.1, 0.15) is 65.6 Å². The number of nitrogens with one attached hydrogen (secondary N) is 1. The summed E-state index contributed by atoms with van der Waals surface area (Å²) in [4.78, 5) is 23.7. The third-order valence-electron chi connectivity index (χ3n) is 5.52. The smallest absolute Gasteiger partial charge is 0.275 e. The largest absolute Gasteiger partial charge is 0.396 e. The minimum absolute atomic E-state index is 0.0125. The Morgan fingerprint density at radius 2 is 1.88 bits per heavy atom. The molecule has 2 N–H and O–H groups in total. The molecule has 0 heterocycles. The van der Waals surface area contributed by atoms with Crippen LogP contribution in [0, 0.1) is 36.3 Å². The summed E-state index contributed by atoms with van der Waals surface area (Å²) in [7, 11) is 0. The van der Waals surface area contributed by atoms with Crippen molar-refractivity contribution in [2.45, 2.75) is 59.3 Å². The van der Waals surface area contributed by atoms with Gasteiger partial charge in [-0.3, -0.25) is 14.9 Å². The number of aryl methyl sites for hydroxylation is 2. The first-order valence-electron chi connectivity index (χ1n) is 8.95. The van der Waals surface area contributed by atoms with Crippen LogP contribution in [0.4, 0.5) is 5.69 Å². The zero-order valence-corrected chi connectivity index (χ0v) is 15.4. The van der Waals surface area contributed by atoms with Gasteiger partial charge >= 0.3 is 0 Å². The van der Waals surface area contributed by atoms with Crippen molar-refractivity contribution in [1.29, 1.82) is 0 Å². The van der Waals surface area contributed by atoms with E-state index in [0.717, 1.165) is 31.2 Å². The quantitative estimate of drug-likeness (QED) is 0.607. The molecule has 0 radical (unpaired) electrons. The topological polar surface area (TPSA) is 92.5 Å². The Hall–Kier alpha value is -1.95. The summed E-state index contributed by atoms with van der Waals surface area (Å²) in [6.07, 6.45) is 6.11. The van der Waals surface area contributed by atoms with Gasteiger partial charge < -0.3 is 10.4 Å². The maximum Gasteiger partial charge on any atom is 0.275 e. The Bertz CT molecular complexity index is 658. The highest BCUT2D eigenvalue weighted by Crippen LogP contribution is 2.38. The lowest BCUT2D eigenvalue weighted by Crippen LogP contribution is -2.40. The zero-order chi connectivity index (χ0) is 18.6. The molecule has 2 rings (SSSR count). The average molecular weight is 348 g/mol. The molecule has 25 heavy (non-hydrogen) atoms. The van der Waals surface area contributed by atoms with Crippen LogP contribution in [0.2, 0.25) is 0 Å². The molecule has 0 saturated heterocycles. The standard InChI is InChI=1S/C19H28N2O4/c1-13-11-14(2)17(21(24)25)15(3)16(13)18(23)20-12-19(9-10-22)7-5-4-6-8-19/h11,22H,4-10,12H2,1-3H3,(H,20,23). The van der Waals surface area contributed by atoms with Gasteiger partial charge in [0.15, 0.2) is 0 Å². The highest BCUT2D eigenvalue weighted by atomic mass is 16.6. The van der Waals surface area contributed by atoms with Crippen molar-refractivity contribution in [2.24, 2.45) is 5.41 Å². The van der Waals surface area contributed by atoms with Gasteiger partial charge in [-0.05, 0) is 57.1 Å². The summed E-state index contributed by atoms with van der Waals surface area (Å²) in [5.74, 6) is -0.263. The van der Waals surface area contributed by atoms with Gasteiger partial charge in [-0.1, -0.05) is 19.3 Å². The molecule has 0 aromatic heterocycles. The van der Waals surface area contributed by atoms with Gasteiger partial charge in [0.1, 0.15) is 0 Å². The minimum atomic E-state index is -0.421. The van der Waals surface area contributed by atoms with Gasteiger partial charge in [0.25, 0.3) is 11.6 Å². The number of benzene rings is 1. The molecule has 1 aromatic carbocycles. The number of nitro groups is 1. The van der Waals surface area contributed by atoms with Crippen molar-refractivity contribution in [2.75, 3.05) is 13.2 Å². The van der Waals surface area contributed by atoms with Crippen LogP contribution in [-0.2, 0) is 0 Å². The second-order valence-electron chi connectivity index (χ2n) is 7.33. The van der Waals surface area contributed by atoms with Crippen LogP contribution in [-0.4, -0.2) is 29.1 Å². The number of hydrogen-bond donors (Lipinski definition) is 2. The lowest BCUT2D eigenvalue weighted by atomic mass is 9.72. The van der Waals surface area contributed by atoms with Crippen LogP contribution >= 0.6 is 0 Å². The van der Waals surface area contributed by atoms with Crippen LogP contribution in [0.5, 0.6) is 0 Å². The van der Waals surface area contributed by atoms with Crippen molar-refractivity contribution in [1.82, 2.24) is 5.32 Å². The summed E-state index contributed by atoms with van der Waals surface area (Å²) in [5, 5.41) is 23.7. The van der Waals surface area contributed by atoms with Gasteiger partial charge in [-0.25, -0.2) is 0 Å². The SMILES string of the molecule is Cc1cc(C)c([N+](=O)[O-])c(C)c1C(=O)NCC1(CCO)CCCCC1. The van der Waals surface area contributed by atoms with E-state index < -0.39 is 4.92 Å². The van der Waals surface area contributed by atoms with Crippen LogP contribution in [0.25, 0.3) is 0 Å². The van der Waals surface area contributed by atoms with E-state index in [9.17, 15) is 20.0 Å². The Morgan fingerprint density at radius 1 is 1.24 bits per heavy atom. The summed E-state index contributed by atoms with van der Waals surface area (Å²) in [5.41, 5.74) is 2.09. The van der Waals surface area contributed by atoms with Gasteiger partial charge in [0.05, 0.1) is 10.5 Å². The molecule has 1 amide bonds. The first-order valence-corrected chi connectivity index (χ1v) is 8.95. The van der Waals surface area contributed by atoms with E-state index in [2.05, 4.69) is 5.32 Å². The number of nitro benzene ring substituents is 1. The molecule has 6 nitrogen and oxygen atoms in total. The van der Waals surface area contributed by atoms with Crippen LogP contribution in [0.3, 0.4) is 0 Å². The van der Waals surface area contributed by atoms with E-state index in [4.69, 9.17) is 0 Å². The number of carbonyl (C=O) groups excluding carboxylic acids is 1. The first-order chi connectivity index (χ1) is 11.8. The lowest BCUT2D eigenvalue weighted by molar-refractivity contribution is -0.386. The number of hydrogen-bond acceptors (Lipinski definition) is 4. The number of aliphatic hydroxyl groups excluding tert-OH is 1. The molecule has 1 aromatic rings. The molecule has 1 aliphatic rings. The third kappa shape index (κ3) is 4.18. The van der Waals surface area contributed by atoms with Crippen LogP contribution in [0.15, 0.2) is 6.07 Å². The number of nitrogens with zero attached hydrogens (tertiary/aromatic N) is 1. The number of carbonyl (C=O) groups is 1. The molecule has 0 atom stereocenters. The first kappa shape index (κ1) is 19.4. The molecule has 0 aliphatic heterocycles. The monoisotopic (exact) mass is 348 g/mol. The fraction of sp³-hybridized carbons (Fsp3) is 0.632. The fourth-order valence-corrected chi connectivity index (χ4v) is 4.22. The van der Waals surface area contributed by atoms with E-state index in [1.165, 1.54) is 6.42 Å². The van der Waals surface area contributed by atoms with E-state index in [1.807, 2.05) is 6.92 Å². The second-order valence-corrected chi connectivity index (χ2v) is 7.33. The molecule has 0 unspecified atom stereocenters. The number of aliphatic hydroxyl groups is 1. The van der Waals surface area contributed by atoms with Gasteiger partial charge in [0, 0.05) is 24.3 Å². The van der Waals surface area contributed by atoms with Crippen molar-refractivity contribution in [3.05, 3.63) is 38.4 Å². The van der Waals surface area contributed by atoms with E-state index in [0.29, 0.717) is 29.7 Å². The maximum atomic E-state index is 12.8. The van der Waals surface area contributed by atoms with Gasteiger partial charge in [0.2, 0.25) is 0 Å². The lowest BCUT2D eigenvalue weighted by Gasteiger charge is -2.37. The fourth-order valence-electron chi connectivity index (χ4n) is 4.22. The van der Waals surface area contributed by atoms with Gasteiger partial charge in [-0.15, -0.1) is 0 Å². The minimum Gasteiger partial charge on any atom is -0.396 e. The molecule has 1 saturated carbocycles. The Kier molecular flexibility index (Phi) is 6.16. The normalized spacial score (nSPS) is 16.5. The summed E-state index contributed by atoms with van der Waals surface area (Å²) in [6, 6.07) is 1.70. The molecular weight excluding hydrogens is 320 g/mol. The van der Waals surface area contributed by atoms with E-state index in [-0.39, 0.29) is 23.6 Å². The Balaban J connectivity index is 2.23. The predicted molar refractivity (Wildman–Crippen MR) is 96.9 cm³/mol. The van der Waals surface area contributed by atoms with Crippen molar-refractivity contribution in [3.63, 3.8) is 0 Å². The van der Waals surface area contributed by atoms with E-state index >= 15 is 0 Å². The molecule has 0 bridgehead atoms. The molecular formula is C19H28N2O4. The summed E-state index contributed by atoms with van der Waals surface area (Å²) >= 11 is 0. The highest BCUT2D eigenvalue weighted by Gasteiger charge is 2.32. The Labute approximate surface area is 148 Å². The van der Waals surface area contributed by atoms with Gasteiger partial charge in [-0.2, -0.15) is 0 Å². The van der Waals surface area contributed by atoms with Crippen molar-refractivity contribution in [3.8, 4) is 0 Å². The third-order valence-corrected chi connectivity index (χ3v) is 5.52. The zero-order valence-electron chi connectivity index (χ0n) is 15.4. The molecule has 138 valence electrons. The second kappa shape index (κ2) is 7.95. The Morgan fingerprint density at radius 3 is 2.44 bits per heavy atom. The number of amides is 1. The maximum absolute atomic E-state index is 12.8. The molecule has 1 fully saturated rings. The summed E-state index contributed by atoms with van der Waals surface area (Å²) in [6.45, 7) is 5.76. The van der Waals surface area contributed by atoms with Crippen molar-refractivity contribution >= 4 is 11.6 Å². The number of rotatable bonds is 6. The van der Waals surface area contributed by atoms with Crippen LogP contribution < -0.4 is 5.32 Å². The predicted octanol–water partition coefficient (Wildman–Crippen LogP) is 3.58. The molecule has 0 spiro atoms. The highest BCUT2D eigenvalue weighted by molar-refractivity contribution is 5.98. The molecule has 6 heteroatoms. The summed E-state index contributed by atoms with van der Waals surface area (Å²) < 4.78 is 0. The van der Waals surface area contributed by atoms with Crippen molar-refractivity contribution < 1.29 is 14.8 Å².